The molecule has 1 aliphatic heterocycles. The lowest BCUT2D eigenvalue weighted by atomic mass is 10.1. The Bertz CT molecular complexity index is 728. The molecule has 2 aromatic carbocycles. The Kier molecular flexibility index (Phi) is 11.4. The summed E-state index contributed by atoms with van der Waals surface area (Å²) in [6.07, 6.45) is 6.41. The Labute approximate surface area is 195 Å². The third-order valence-corrected chi connectivity index (χ3v) is 5.38. The Morgan fingerprint density at radius 2 is 1.28 bits per heavy atom. The van der Waals surface area contributed by atoms with Crippen molar-refractivity contribution in [3.63, 3.8) is 0 Å². The Morgan fingerprint density at radius 1 is 0.793 bits per heavy atom. The monoisotopic (exact) mass is 526 g/mol. The number of rotatable bonds is 8. The summed E-state index contributed by atoms with van der Waals surface area (Å²) >= 11 is 0. The first kappa shape index (κ1) is 25.5. The van der Waals surface area contributed by atoms with Crippen LogP contribution in [0.4, 0.5) is 11.4 Å². The number of carboxylic acid groups (broad SMARTS) is 1. The zero-order valence-electron chi connectivity index (χ0n) is 17.0. The van der Waals surface area contributed by atoms with Crippen LogP contribution in [0.2, 0.25) is 0 Å². The maximum Gasteiger partial charge on any atom is 0.335 e. The van der Waals surface area contributed by atoms with Gasteiger partial charge in [0.15, 0.2) is 0 Å². The number of halogens is 2. The molecule has 1 fully saturated rings. The van der Waals surface area contributed by atoms with Crippen molar-refractivity contribution in [2.45, 2.75) is 39.0 Å². The van der Waals surface area contributed by atoms with Crippen LogP contribution in [0.25, 0.3) is 0 Å². The van der Waals surface area contributed by atoms with Crippen LogP contribution in [0, 0.1) is 0 Å². The maximum absolute atomic E-state index is 11.0. The van der Waals surface area contributed by atoms with Gasteiger partial charge in [0.05, 0.1) is 5.56 Å². The number of hydrogen-bond acceptors (Lipinski definition) is 3. The molecule has 1 N–H and O–H groups in total. The molecule has 160 valence electrons. The fraction of sp³-hybridized carbons (Fsp3) is 0.435. The van der Waals surface area contributed by atoms with Crippen LogP contribution >= 0.6 is 34.0 Å². The van der Waals surface area contributed by atoms with Crippen LogP contribution in [0.5, 0.6) is 0 Å². The van der Waals surface area contributed by atoms with E-state index >= 15 is 0 Å². The van der Waals surface area contributed by atoms with Gasteiger partial charge in [0.1, 0.15) is 0 Å². The molecular formula is C23H32Br2N2O2. The van der Waals surface area contributed by atoms with Crippen molar-refractivity contribution in [1.82, 2.24) is 0 Å². The number of anilines is 2. The first-order valence-electron chi connectivity index (χ1n) is 10.1. The zero-order valence-corrected chi connectivity index (χ0v) is 20.5. The van der Waals surface area contributed by atoms with Crippen molar-refractivity contribution in [3.05, 3.63) is 59.7 Å². The van der Waals surface area contributed by atoms with Crippen molar-refractivity contribution in [2.75, 3.05) is 36.0 Å². The molecule has 4 nitrogen and oxygen atoms in total. The molecule has 0 bridgehead atoms. The second-order valence-electron chi connectivity index (χ2n) is 7.30. The average Bonchev–Trinajstić information content (AvgIpc) is 2.72. The minimum Gasteiger partial charge on any atom is -0.478 e. The summed E-state index contributed by atoms with van der Waals surface area (Å²) in [6.45, 7) is 6.11. The molecule has 0 saturated carbocycles. The van der Waals surface area contributed by atoms with E-state index in [1.807, 2.05) is 12.1 Å². The minimum atomic E-state index is -0.875. The maximum atomic E-state index is 11.0. The molecule has 1 heterocycles. The Morgan fingerprint density at radius 3 is 1.72 bits per heavy atom. The van der Waals surface area contributed by atoms with Gasteiger partial charge >= 0.3 is 5.97 Å². The number of piperazine rings is 1. The van der Waals surface area contributed by atoms with E-state index in [2.05, 4.69) is 41.0 Å². The smallest absolute Gasteiger partial charge is 0.335 e. The van der Waals surface area contributed by atoms with Crippen molar-refractivity contribution in [3.8, 4) is 0 Å². The highest BCUT2D eigenvalue weighted by molar-refractivity contribution is 8.93. The van der Waals surface area contributed by atoms with E-state index < -0.39 is 5.97 Å². The van der Waals surface area contributed by atoms with Gasteiger partial charge in [-0.25, -0.2) is 4.79 Å². The number of aryl methyl sites for hydroxylation is 1. The quantitative estimate of drug-likeness (QED) is 0.428. The van der Waals surface area contributed by atoms with Gasteiger partial charge in [0.2, 0.25) is 0 Å². The predicted molar refractivity (Wildman–Crippen MR) is 133 cm³/mol. The van der Waals surface area contributed by atoms with Gasteiger partial charge in [-0.2, -0.15) is 0 Å². The largest absolute Gasteiger partial charge is 0.478 e. The van der Waals surface area contributed by atoms with Crippen molar-refractivity contribution in [1.29, 1.82) is 0 Å². The molecule has 0 radical (unpaired) electrons. The van der Waals surface area contributed by atoms with Gasteiger partial charge in [-0.15, -0.1) is 34.0 Å². The van der Waals surface area contributed by atoms with E-state index in [4.69, 9.17) is 5.11 Å². The first-order chi connectivity index (χ1) is 13.2. The van der Waals surface area contributed by atoms with Gasteiger partial charge in [0.25, 0.3) is 0 Å². The summed E-state index contributed by atoms with van der Waals surface area (Å²) in [7, 11) is 0. The van der Waals surface area contributed by atoms with Crippen molar-refractivity contribution < 1.29 is 9.90 Å². The van der Waals surface area contributed by atoms with Crippen LogP contribution in [0.15, 0.2) is 48.5 Å². The summed E-state index contributed by atoms with van der Waals surface area (Å²) < 4.78 is 0. The van der Waals surface area contributed by atoms with Crippen LogP contribution in [-0.4, -0.2) is 37.3 Å². The highest BCUT2D eigenvalue weighted by Gasteiger charge is 2.17. The second-order valence-corrected chi connectivity index (χ2v) is 7.30. The fourth-order valence-electron chi connectivity index (χ4n) is 3.67. The number of hydrogen-bond donors (Lipinski definition) is 1. The van der Waals surface area contributed by atoms with Gasteiger partial charge in [-0.05, 0) is 54.8 Å². The molecule has 0 spiro atoms. The number of unbranched alkanes of at least 4 members (excludes halogenated alkanes) is 3. The van der Waals surface area contributed by atoms with E-state index in [1.54, 1.807) is 12.1 Å². The van der Waals surface area contributed by atoms with E-state index in [9.17, 15) is 4.79 Å². The first-order valence-corrected chi connectivity index (χ1v) is 10.1. The lowest BCUT2D eigenvalue weighted by Crippen LogP contribution is -2.46. The number of benzene rings is 2. The summed E-state index contributed by atoms with van der Waals surface area (Å²) in [5, 5.41) is 9.02. The highest BCUT2D eigenvalue weighted by atomic mass is 79.9. The molecule has 0 aliphatic carbocycles. The predicted octanol–water partition coefficient (Wildman–Crippen LogP) is 5.99. The van der Waals surface area contributed by atoms with E-state index in [1.165, 1.54) is 43.4 Å². The molecule has 0 unspecified atom stereocenters. The van der Waals surface area contributed by atoms with E-state index in [0.29, 0.717) is 5.56 Å². The van der Waals surface area contributed by atoms with Gasteiger partial charge in [0, 0.05) is 37.6 Å². The third-order valence-electron chi connectivity index (χ3n) is 5.38. The summed E-state index contributed by atoms with van der Waals surface area (Å²) in [4.78, 5) is 15.7. The third kappa shape index (κ3) is 7.34. The number of carboxylic acids is 1. The van der Waals surface area contributed by atoms with Crippen LogP contribution in [-0.2, 0) is 6.42 Å². The lowest BCUT2D eigenvalue weighted by Gasteiger charge is -2.37. The number of carbonyl (C=O) groups is 1. The van der Waals surface area contributed by atoms with Crippen LogP contribution in [0.1, 0.15) is 48.5 Å². The molecule has 6 heteroatoms. The van der Waals surface area contributed by atoms with Crippen molar-refractivity contribution in [2.24, 2.45) is 0 Å². The average molecular weight is 528 g/mol. The molecule has 0 amide bonds. The standard InChI is InChI=1S/C23H30N2O2.2BrH/c1-2-3-4-5-6-19-7-11-21(12-8-19)24-15-17-25(18-16-24)22-13-9-20(10-14-22)23(26)27;;/h7-14H,2-6,15-18H2,1H3,(H,26,27);2*1H. The minimum absolute atomic E-state index is 0. The van der Waals surface area contributed by atoms with Gasteiger partial charge < -0.3 is 14.9 Å². The van der Waals surface area contributed by atoms with Crippen LogP contribution in [0.3, 0.4) is 0 Å². The van der Waals surface area contributed by atoms with E-state index in [0.717, 1.165) is 31.9 Å². The summed E-state index contributed by atoms with van der Waals surface area (Å²) in [6, 6.07) is 16.3. The zero-order chi connectivity index (χ0) is 19.1. The Balaban J connectivity index is 0.00000210. The molecule has 0 aromatic heterocycles. The van der Waals surface area contributed by atoms with E-state index in [-0.39, 0.29) is 34.0 Å². The van der Waals surface area contributed by atoms with Crippen molar-refractivity contribution >= 4 is 51.3 Å². The topological polar surface area (TPSA) is 43.8 Å². The molecule has 1 aliphatic rings. The Hall–Kier alpha value is -1.53. The molecule has 2 aromatic rings. The second kappa shape index (κ2) is 12.9. The fourth-order valence-corrected chi connectivity index (χ4v) is 3.67. The molecular weight excluding hydrogens is 496 g/mol. The molecule has 1 saturated heterocycles. The SMILES string of the molecule is Br.Br.CCCCCCc1ccc(N2CCN(c3ccc(C(=O)O)cc3)CC2)cc1. The highest BCUT2D eigenvalue weighted by Crippen LogP contribution is 2.22. The van der Waals surface area contributed by atoms with Gasteiger partial charge in [-0.3, -0.25) is 0 Å². The van der Waals surface area contributed by atoms with Gasteiger partial charge in [-0.1, -0.05) is 38.3 Å². The molecule has 29 heavy (non-hydrogen) atoms. The molecule has 3 rings (SSSR count). The lowest BCUT2D eigenvalue weighted by molar-refractivity contribution is 0.0697. The normalized spacial score (nSPS) is 13.4. The number of aromatic carboxylic acids is 1. The summed E-state index contributed by atoms with van der Waals surface area (Å²) in [5.41, 5.74) is 4.18. The molecule has 0 atom stereocenters. The van der Waals surface area contributed by atoms with Crippen LogP contribution < -0.4 is 9.80 Å². The summed E-state index contributed by atoms with van der Waals surface area (Å²) in [5.74, 6) is -0.875. The number of nitrogens with zero attached hydrogens (tertiary/aromatic N) is 2.